The molecule has 2 N–H and O–H groups in total. The van der Waals surface area contributed by atoms with E-state index < -0.39 is 0 Å². The van der Waals surface area contributed by atoms with Gasteiger partial charge in [0.25, 0.3) is 0 Å². The van der Waals surface area contributed by atoms with Gasteiger partial charge in [0, 0.05) is 23.5 Å². The molecule has 7 nitrogen and oxygen atoms in total. The monoisotopic (exact) mass is 461 g/mol. The van der Waals surface area contributed by atoms with Crippen LogP contribution < -0.4 is 24.3 Å². The van der Waals surface area contributed by atoms with Crippen LogP contribution in [0.15, 0.2) is 66.9 Å². The Bertz CT molecular complexity index is 1190. The van der Waals surface area contributed by atoms with Crippen molar-refractivity contribution >= 4 is 23.6 Å². The van der Waals surface area contributed by atoms with Crippen LogP contribution in [0.3, 0.4) is 0 Å². The highest BCUT2D eigenvalue weighted by Crippen LogP contribution is 2.38. The van der Waals surface area contributed by atoms with Gasteiger partial charge in [0.2, 0.25) is 5.75 Å². The fourth-order valence-electron chi connectivity index (χ4n) is 3.28. The van der Waals surface area contributed by atoms with Crippen molar-refractivity contribution < 1.29 is 28.8 Å². The minimum absolute atomic E-state index is 0.0821. The van der Waals surface area contributed by atoms with Crippen LogP contribution in [-0.4, -0.2) is 39.3 Å². The fraction of sp³-hybridized carbons (Fsp3) is 0.148. The van der Waals surface area contributed by atoms with Gasteiger partial charge in [-0.3, -0.25) is 4.79 Å². The Kier molecular flexibility index (Phi) is 8.18. The Labute approximate surface area is 198 Å². The van der Waals surface area contributed by atoms with E-state index in [2.05, 4.69) is 5.32 Å². The number of anilines is 1. The van der Waals surface area contributed by atoms with Gasteiger partial charge in [-0.25, -0.2) is 0 Å². The topological polar surface area (TPSA) is 86.3 Å². The third-order valence-electron chi connectivity index (χ3n) is 4.99. The number of aromatic hydroxyl groups is 1. The van der Waals surface area contributed by atoms with Crippen LogP contribution in [0, 0.1) is 0 Å². The predicted octanol–water partition coefficient (Wildman–Crippen LogP) is 5.41. The number of carbonyl (C=O) groups excluding carboxylic acids is 1. The summed E-state index contributed by atoms with van der Waals surface area (Å²) in [5.41, 5.74) is 3.02. The molecule has 0 atom stereocenters. The summed E-state index contributed by atoms with van der Waals surface area (Å²) >= 11 is 0. The first-order valence-electron chi connectivity index (χ1n) is 10.4. The Morgan fingerprint density at radius 3 is 2.09 bits per heavy atom. The number of ether oxygens (including phenoxy) is 4. The van der Waals surface area contributed by atoms with E-state index in [9.17, 15) is 9.90 Å². The summed E-state index contributed by atoms with van der Waals surface area (Å²) in [6, 6.07) is 16.0. The van der Waals surface area contributed by atoms with E-state index in [1.165, 1.54) is 19.3 Å². The van der Waals surface area contributed by atoms with Gasteiger partial charge in [0.05, 0.1) is 28.4 Å². The van der Waals surface area contributed by atoms with Crippen molar-refractivity contribution in [1.82, 2.24) is 0 Å². The average molecular weight is 462 g/mol. The third-order valence-corrected chi connectivity index (χ3v) is 4.99. The smallest absolute Gasteiger partial charge is 0.203 e. The normalized spacial score (nSPS) is 10.9. The standard InChI is InChI=1S/C27H27NO6/c1-31-24-11-10-20(17-23(24)30)22(29)12-13-28-21-7-5-6-18(14-21)8-9-19-15-25(32-2)27(34-4)26(16-19)33-3/h5-17,28,30H,1-4H3/b9-8?,13-12-. The minimum Gasteiger partial charge on any atom is -0.504 e. The van der Waals surface area contributed by atoms with E-state index in [4.69, 9.17) is 18.9 Å². The van der Waals surface area contributed by atoms with Gasteiger partial charge < -0.3 is 29.4 Å². The Morgan fingerprint density at radius 1 is 0.794 bits per heavy atom. The molecule has 0 radical (unpaired) electrons. The van der Waals surface area contributed by atoms with Crippen molar-refractivity contribution in [3.05, 3.63) is 83.6 Å². The van der Waals surface area contributed by atoms with E-state index in [1.54, 1.807) is 39.7 Å². The first-order chi connectivity index (χ1) is 16.5. The lowest BCUT2D eigenvalue weighted by atomic mass is 10.1. The quantitative estimate of drug-likeness (QED) is 0.237. The number of benzene rings is 3. The number of rotatable bonds is 10. The fourth-order valence-corrected chi connectivity index (χ4v) is 3.28. The van der Waals surface area contributed by atoms with Crippen molar-refractivity contribution in [3.63, 3.8) is 0 Å². The number of allylic oxidation sites excluding steroid dienone is 1. The molecule has 0 fully saturated rings. The Hall–Kier alpha value is -4.39. The molecular weight excluding hydrogens is 434 g/mol. The summed E-state index contributed by atoms with van der Waals surface area (Å²) in [6.07, 6.45) is 6.87. The second-order valence-corrected chi connectivity index (χ2v) is 7.15. The molecule has 34 heavy (non-hydrogen) atoms. The first kappa shape index (κ1) is 24.3. The number of phenols is 1. The number of hydrogen-bond donors (Lipinski definition) is 2. The maximum Gasteiger partial charge on any atom is 0.203 e. The van der Waals surface area contributed by atoms with Crippen molar-refractivity contribution in [2.24, 2.45) is 0 Å². The van der Waals surface area contributed by atoms with Crippen molar-refractivity contribution in [3.8, 4) is 28.7 Å². The summed E-state index contributed by atoms with van der Waals surface area (Å²) in [7, 11) is 6.18. The third kappa shape index (κ3) is 5.89. The molecule has 0 aliphatic carbocycles. The molecule has 0 heterocycles. The average Bonchev–Trinajstić information content (AvgIpc) is 2.86. The molecule has 0 saturated heterocycles. The lowest BCUT2D eigenvalue weighted by Crippen LogP contribution is -1.97. The lowest BCUT2D eigenvalue weighted by molar-refractivity contribution is 0.104. The lowest BCUT2D eigenvalue weighted by Gasteiger charge is -2.12. The van der Waals surface area contributed by atoms with Gasteiger partial charge >= 0.3 is 0 Å². The maximum atomic E-state index is 12.3. The van der Waals surface area contributed by atoms with E-state index >= 15 is 0 Å². The summed E-state index contributed by atoms with van der Waals surface area (Å²) in [5.74, 6) is 1.69. The first-order valence-corrected chi connectivity index (χ1v) is 10.4. The van der Waals surface area contributed by atoms with Crippen molar-refractivity contribution in [2.75, 3.05) is 33.8 Å². The Morgan fingerprint density at radius 2 is 1.47 bits per heavy atom. The zero-order valence-corrected chi connectivity index (χ0v) is 19.5. The summed E-state index contributed by atoms with van der Waals surface area (Å²) in [5, 5.41) is 12.9. The van der Waals surface area contributed by atoms with Gasteiger partial charge in [-0.2, -0.15) is 0 Å². The Balaban J connectivity index is 1.70. The SMILES string of the molecule is COc1ccc(C(=O)/C=C\Nc2cccc(C=Cc3cc(OC)c(OC)c(OC)c3)c2)cc1O. The molecule has 7 heteroatoms. The summed E-state index contributed by atoms with van der Waals surface area (Å²) < 4.78 is 21.2. The number of carbonyl (C=O) groups is 1. The number of phenolic OH excluding ortho intramolecular Hbond substituents is 1. The predicted molar refractivity (Wildman–Crippen MR) is 133 cm³/mol. The number of nitrogens with one attached hydrogen (secondary N) is 1. The van der Waals surface area contributed by atoms with E-state index in [-0.39, 0.29) is 11.5 Å². The van der Waals surface area contributed by atoms with Crippen molar-refractivity contribution in [2.45, 2.75) is 0 Å². The molecule has 0 saturated carbocycles. The van der Waals surface area contributed by atoms with Crippen LogP contribution >= 0.6 is 0 Å². The van der Waals surface area contributed by atoms with E-state index in [0.717, 1.165) is 16.8 Å². The van der Waals surface area contributed by atoms with Gasteiger partial charge in [-0.05, 0) is 53.6 Å². The highest BCUT2D eigenvalue weighted by molar-refractivity contribution is 6.05. The minimum atomic E-state index is -0.246. The van der Waals surface area contributed by atoms with Crippen LogP contribution in [0.2, 0.25) is 0 Å². The maximum absolute atomic E-state index is 12.3. The molecular formula is C27H27NO6. The van der Waals surface area contributed by atoms with Crippen LogP contribution in [0.25, 0.3) is 12.2 Å². The van der Waals surface area contributed by atoms with Crippen LogP contribution in [0.4, 0.5) is 5.69 Å². The van der Waals surface area contributed by atoms with E-state index in [1.807, 2.05) is 48.6 Å². The largest absolute Gasteiger partial charge is 0.504 e. The van der Waals surface area contributed by atoms with Gasteiger partial charge in [-0.1, -0.05) is 24.3 Å². The summed E-state index contributed by atoms with van der Waals surface area (Å²) in [6.45, 7) is 0. The number of hydrogen-bond acceptors (Lipinski definition) is 7. The van der Waals surface area contributed by atoms with Crippen LogP contribution in [0.5, 0.6) is 28.7 Å². The summed E-state index contributed by atoms with van der Waals surface area (Å²) in [4.78, 5) is 12.3. The van der Waals surface area contributed by atoms with Gasteiger partial charge in [0.15, 0.2) is 28.8 Å². The van der Waals surface area contributed by atoms with Crippen LogP contribution in [0.1, 0.15) is 21.5 Å². The van der Waals surface area contributed by atoms with E-state index in [0.29, 0.717) is 28.6 Å². The van der Waals surface area contributed by atoms with Crippen molar-refractivity contribution in [1.29, 1.82) is 0 Å². The van der Waals surface area contributed by atoms with Gasteiger partial charge in [-0.15, -0.1) is 0 Å². The highest BCUT2D eigenvalue weighted by atomic mass is 16.5. The molecule has 3 aromatic carbocycles. The highest BCUT2D eigenvalue weighted by Gasteiger charge is 2.12. The molecule has 176 valence electrons. The second kappa shape index (κ2) is 11.5. The molecule has 0 bridgehead atoms. The molecule has 0 aliphatic rings. The zero-order chi connectivity index (χ0) is 24.5. The second-order valence-electron chi connectivity index (χ2n) is 7.15. The molecule has 0 unspecified atom stereocenters. The zero-order valence-electron chi connectivity index (χ0n) is 19.5. The number of methoxy groups -OCH3 is 4. The van der Waals surface area contributed by atoms with Crippen LogP contribution in [-0.2, 0) is 0 Å². The van der Waals surface area contributed by atoms with Gasteiger partial charge in [0.1, 0.15) is 0 Å². The molecule has 0 aromatic heterocycles. The molecule has 0 aliphatic heterocycles. The number of ketones is 1. The molecule has 0 spiro atoms. The molecule has 0 amide bonds. The molecule has 3 aromatic rings. The molecule has 3 rings (SSSR count).